The van der Waals surface area contributed by atoms with Gasteiger partial charge in [-0.15, -0.1) is 0 Å². The second kappa shape index (κ2) is 7.01. The van der Waals surface area contributed by atoms with Gasteiger partial charge >= 0.3 is 0 Å². The maximum atomic E-state index is 8.95. The Morgan fingerprint density at radius 3 is 2.65 bits per heavy atom. The van der Waals surface area contributed by atoms with Crippen LogP contribution in [-0.2, 0) is 0 Å². The van der Waals surface area contributed by atoms with Gasteiger partial charge in [0.05, 0.1) is 11.5 Å². The van der Waals surface area contributed by atoms with E-state index in [1.165, 1.54) is 32.1 Å². The molecule has 1 fully saturated rings. The third kappa shape index (κ3) is 5.55. The monoisotopic (exact) mass is 236 g/mol. The van der Waals surface area contributed by atoms with Gasteiger partial charge in [0.15, 0.2) is 0 Å². The molecule has 0 bridgehead atoms. The van der Waals surface area contributed by atoms with Crippen LogP contribution < -0.4 is 5.32 Å². The molecule has 1 N–H and O–H groups in total. The van der Waals surface area contributed by atoms with Crippen molar-refractivity contribution in [1.29, 1.82) is 5.26 Å². The molecule has 17 heavy (non-hydrogen) atoms. The largest absolute Gasteiger partial charge is 0.314 e. The predicted molar refractivity (Wildman–Crippen MR) is 72.7 cm³/mol. The van der Waals surface area contributed by atoms with Crippen LogP contribution in [-0.4, -0.2) is 12.6 Å². The summed E-state index contributed by atoms with van der Waals surface area (Å²) in [5.74, 6) is 0.821. The molecule has 0 aromatic carbocycles. The summed E-state index contributed by atoms with van der Waals surface area (Å²) in [6.07, 6.45) is 9.02. The van der Waals surface area contributed by atoms with Gasteiger partial charge in [0.1, 0.15) is 0 Å². The molecule has 1 aliphatic carbocycles. The van der Waals surface area contributed by atoms with E-state index in [1.54, 1.807) is 0 Å². The molecular formula is C15H28N2. The highest BCUT2D eigenvalue weighted by Gasteiger charge is 2.20. The normalized spacial score (nSPS) is 26.2. The van der Waals surface area contributed by atoms with Gasteiger partial charge in [-0.1, -0.05) is 26.2 Å². The zero-order valence-electron chi connectivity index (χ0n) is 11.8. The summed E-state index contributed by atoms with van der Waals surface area (Å²) in [6, 6.07) is 3.08. The number of hydrogen-bond donors (Lipinski definition) is 1. The molecule has 1 rings (SSSR count). The van der Waals surface area contributed by atoms with Crippen molar-refractivity contribution in [2.75, 3.05) is 6.54 Å². The molecule has 2 nitrogen and oxygen atoms in total. The Morgan fingerprint density at radius 1 is 1.24 bits per heavy atom. The average Bonchev–Trinajstić information content (AvgIpc) is 2.50. The van der Waals surface area contributed by atoms with Crippen molar-refractivity contribution in [2.24, 2.45) is 11.3 Å². The van der Waals surface area contributed by atoms with Gasteiger partial charge in [0.2, 0.25) is 0 Å². The van der Waals surface area contributed by atoms with Crippen LogP contribution in [0.4, 0.5) is 0 Å². The first-order chi connectivity index (χ1) is 8.05. The number of hydrogen-bond acceptors (Lipinski definition) is 2. The molecular weight excluding hydrogens is 208 g/mol. The third-order valence-corrected chi connectivity index (χ3v) is 4.05. The van der Waals surface area contributed by atoms with E-state index < -0.39 is 0 Å². The van der Waals surface area contributed by atoms with Crippen molar-refractivity contribution in [1.82, 2.24) is 5.32 Å². The van der Waals surface area contributed by atoms with Crippen LogP contribution in [0.5, 0.6) is 0 Å². The standard InChI is InChI=1S/C15H28N2/c1-13-8-5-4-6-9-14(13)17-11-7-10-15(2,3)12-16/h13-14,17H,4-11H2,1-3H3. The molecule has 0 aliphatic heterocycles. The lowest BCUT2D eigenvalue weighted by molar-refractivity contribution is 0.342. The minimum Gasteiger partial charge on any atom is -0.314 e. The van der Waals surface area contributed by atoms with E-state index >= 15 is 0 Å². The highest BCUT2D eigenvalue weighted by molar-refractivity contribution is 4.91. The van der Waals surface area contributed by atoms with Crippen LogP contribution in [0.2, 0.25) is 0 Å². The third-order valence-electron chi connectivity index (χ3n) is 4.05. The fraction of sp³-hybridized carbons (Fsp3) is 0.933. The van der Waals surface area contributed by atoms with Gasteiger partial charge in [-0.2, -0.15) is 5.26 Å². The fourth-order valence-electron chi connectivity index (χ4n) is 2.67. The second-order valence-electron chi connectivity index (χ2n) is 6.28. The molecule has 0 amide bonds. The molecule has 1 saturated carbocycles. The first-order valence-corrected chi connectivity index (χ1v) is 7.20. The summed E-state index contributed by atoms with van der Waals surface area (Å²) < 4.78 is 0. The van der Waals surface area contributed by atoms with E-state index in [-0.39, 0.29) is 5.41 Å². The Kier molecular flexibility index (Phi) is 5.98. The van der Waals surface area contributed by atoms with Crippen molar-refractivity contribution in [3.05, 3.63) is 0 Å². The highest BCUT2D eigenvalue weighted by atomic mass is 14.9. The van der Waals surface area contributed by atoms with Crippen LogP contribution in [0, 0.1) is 22.7 Å². The molecule has 0 heterocycles. The predicted octanol–water partition coefficient (Wildman–Crippen LogP) is 3.87. The maximum Gasteiger partial charge on any atom is 0.0683 e. The smallest absolute Gasteiger partial charge is 0.0683 e. The summed E-state index contributed by atoms with van der Waals surface area (Å²) >= 11 is 0. The van der Waals surface area contributed by atoms with E-state index in [0.29, 0.717) is 6.04 Å². The lowest BCUT2D eigenvalue weighted by atomic mass is 9.89. The second-order valence-corrected chi connectivity index (χ2v) is 6.28. The molecule has 0 aromatic heterocycles. The van der Waals surface area contributed by atoms with E-state index in [9.17, 15) is 0 Å². The Labute approximate surface area is 107 Å². The number of nitrogens with zero attached hydrogens (tertiary/aromatic N) is 1. The lowest BCUT2D eigenvalue weighted by Crippen LogP contribution is -2.35. The summed E-state index contributed by atoms with van der Waals surface area (Å²) in [4.78, 5) is 0. The fourth-order valence-corrected chi connectivity index (χ4v) is 2.67. The van der Waals surface area contributed by atoms with Crippen LogP contribution >= 0.6 is 0 Å². The van der Waals surface area contributed by atoms with E-state index in [1.807, 2.05) is 13.8 Å². The van der Waals surface area contributed by atoms with Gasteiger partial charge in [-0.3, -0.25) is 0 Å². The Bertz CT molecular complexity index is 252. The molecule has 2 heteroatoms. The van der Waals surface area contributed by atoms with Crippen LogP contribution in [0.3, 0.4) is 0 Å². The quantitative estimate of drug-likeness (QED) is 0.581. The minimum absolute atomic E-state index is 0.156. The molecule has 0 aromatic rings. The minimum atomic E-state index is -0.156. The SMILES string of the molecule is CC1CCCCCC1NCCCC(C)(C)C#N. The first kappa shape index (κ1) is 14.5. The molecule has 98 valence electrons. The van der Waals surface area contributed by atoms with Crippen LogP contribution in [0.1, 0.15) is 65.7 Å². The van der Waals surface area contributed by atoms with Crippen LogP contribution in [0.15, 0.2) is 0 Å². The molecule has 0 spiro atoms. The van der Waals surface area contributed by atoms with Gasteiger partial charge in [0.25, 0.3) is 0 Å². The van der Waals surface area contributed by atoms with Gasteiger partial charge < -0.3 is 5.32 Å². The van der Waals surface area contributed by atoms with Gasteiger partial charge in [-0.25, -0.2) is 0 Å². The lowest BCUT2D eigenvalue weighted by Gasteiger charge is -2.23. The summed E-state index contributed by atoms with van der Waals surface area (Å²) in [7, 11) is 0. The first-order valence-electron chi connectivity index (χ1n) is 7.20. The molecule has 2 unspecified atom stereocenters. The topological polar surface area (TPSA) is 35.8 Å². The van der Waals surface area contributed by atoms with E-state index in [2.05, 4.69) is 18.3 Å². The number of rotatable bonds is 5. The average molecular weight is 236 g/mol. The Hall–Kier alpha value is -0.550. The van der Waals surface area contributed by atoms with E-state index in [4.69, 9.17) is 5.26 Å². The van der Waals surface area contributed by atoms with Crippen molar-refractivity contribution in [3.63, 3.8) is 0 Å². The van der Waals surface area contributed by atoms with E-state index in [0.717, 1.165) is 25.3 Å². The molecule has 1 aliphatic rings. The zero-order chi connectivity index (χ0) is 12.7. The molecule has 0 radical (unpaired) electrons. The summed E-state index contributed by atoms with van der Waals surface area (Å²) in [5.41, 5.74) is -0.156. The van der Waals surface area contributed by atoms with Gasteiger partial charge in [0, 0.05) is 6.04 Å². The van der Waals surface area contributed by atoms with Crippen LogP contribution in [0.25, 0.3) is 0 Å². The summed E-state index contributed by atoms with van der Waals surface area (Å²) in [5, 5.41) is 12.6. The highest BCUT2D eigenvalue weighted by Crippen LogP contribution is 2.24. The van der Waals surface area contributed by atoms with Crippen molar-refractivity contribution >= 4 is 0 Å². The number of nitrogens with one attached hydrogen (secondary N) is 1. The van der Waals surface area contributed by atoms with Crippen molar-refractivity contribution in [3.8, 4) is 6.07 Å². The Morgan fingerprint density at radius 2 is 1.94 bits per heavy atom. The Balaban J connectivity index is 2.19. The zero-order valence-corrected chi connectivity index (χ0v) is 11.8. The number of nitriles is 1. The maximum absolute atomic E-state index is 8.95. The van der Waals surface area contributed by atoms with Gasteiger partial charge in [-0.05, 0) is 52.0 Å². The van der Waals surface area contributed by atoms with Crippen molar-refractivity contribution < 1.29 is 0 Å². The molecule has 2 atom stereocenters. The molecule has 0 saturated heterocycles. The van der Waals surface area contributed by atoms with Crippen molar-refractivity contribution in [2.45, 2.75) is 71.8 Å². The summed E-state index contributed by atoms with van der Waals surface area (Å²) in [6.45, 7) is 7.50.